The Balaban J connectivity index is 1.50. The van der Waals surface area contributed by atoms with E-state index in [2.05, 4.69) is 5.32 Å². The predicted octanol–water partition coefficient (Wildman–Crippen LogP) is 6.03. The Morgan fingerprint density at radius 3 is 2.31 bits per heavy atom. The maximum atomic E-state index is 12.6. The van der Waals surface area contributed by atoms with Crippen molar-refractivity contribution in [1.29, 1.82) is 0 Å². The molecule has 1 amide bonds. The summed E-state index contributed by atoms with van der Waals surface area (Å²) >= 11 is 0. The number of nitrogens with zero attached hydrogens (tertiary/aromatic N) is 3. The second-order valence-corrected chi connectivity index (χ2v) is 8.54. The van der Waals surface area contributed by atoms with Crippen molar-refractivity contribution in [2.45, 2.75) is 20.8 Å². The van der Waals surface area contributed by atoms with Crippen LogP contribution >= 0.6 is 0 Å². The van der Waals surface area contributed by atoms with Crippen LogP contribution in [0, 0.1) is 20.8 Å². The van der Waals surface area contributed by atoms with Crippen LogP contribution in [0.3, 0.4) is 0 Å². The highest BCUT2D eigenvalue weighted by Crippen LogP contribution is 2.34. The first-order valence-corrected chi connectivity index (χ1v) is 11.5. The molecule has 0 unspecified atom stereocenters. The first-order chi connectivity index (χ1) is 17.0. The molecule has 0 spiro atoms. The standard InChI is InChI=1S/C29H26N4O2/c1-19-14-15-23(16-20(19)2)30-26(34)18-35-27-17-25(22-10-6-4-7-11-22)28-21(3)32-33(29(28)31-27)24-12-8-5-9-13-24/h4-17H,18H2,1-3H3,(H,30,34). The Hall–Kier alpha value is -4.45. The topological polar surface area (TPSA) is 69.0 Å². The summed E-state index contributed by atoms with van der Waals surface area (Å²) in [5.41, 5.74) is 7.48. The van der Waals surface area contributed by atoms with Gasteiger partial charge in [0.1, 0.15) is 0 Å². The predicted molar refractivity (Wildman–Crippen MR) is 139 cm³/mol. The van der Waals surface area contributed by atoms with Gasteiger partial charge in [0, 0.05) is 11.8 Å². The highest BCUT2D eigenvalue weighted by Gasteiger charge is 2.18. The fourth-order valence-electron chi connectivity index (χ4n) is 4.09. The van der Waals surface area contributed by atoms with Gasteiger partial charge in [0.05, 0.1) is 16.8 Å². The molecule has 0 saturated carbocycles. The highest BCUT2D eigenvalue weighted by molar-refractivity contribution is 5.96. The summed E-state index contributed by atoms with van der Waals surface area (Å²) in [4.78, 5) is 17.4. The van der Waals surface area contributed by atoms with Crippen molar-refractivity contribution in [3.05, 3.63) is 102 Å². The number of nitrogens with one attached hydrogen (secondary N) is 1. The molecule has 0 aliphatic carbocycles. The molecular formula is C29H26N4O2. The molecule has 174 valence electrons. The van der Waals surface area contributed by atoms with E-state index in [1.165, 1.54) is 5.56 Å². The van der Waals surface area contributed by atoms with E-state index in [4.69, 9.17) is 14.8 Å². The Labute approximate surface area is 204 Å². The Morgan fingerprint density at radius 2 is 1.60 bits per heavy atom. The number of carbonyl (C=O) groups excluding carboxylic acids is 1. The summed E-state index contributed by atoms with van der Waals surface area (Å²) < 4.78 is 7.72. The molecule has 6 heteroatoms. The van der Waals surface area contributed by atoms with Crippen LogP contribution in [-0.2, 0) is 4.79 Å². The zero-order chi connectivity index (χ0) is 24.4. The van der Waals surface area contributed by atoms with E-state index in [9.17, 15) is 4.79 Å². The third-order valence-corrected chi connectivity index (χ3v) is 6.02. The second kappa shape index (κ2) is 9.43. The van der Waals surface area contributed by atoms with Crippen molar-refractivity contribution in [3.63, 3.8) is 0 Å². The van der Waals surface area contributed by atoms with Gasteiger partial charge in [-0.25, -0.2) is 4.68 Å². The van der Waals surface area contributed by atoms with E-state index in [1.54, 1.807) is 0 Å². The lowest BCUT2D eigenvalue weighted by Crippen LogP contribution is -2.20. The maximum absolute atomic E-state index is 12.6. The van der Waals surface area contributed by atoms with Crippen LogP contribution in [0.1, 0.15) is 16.8 Å². The largest absolute Gasteiger partial charge is 0.467 e. The third kappa shape index (κ3) is 4.64. The SMILES string of the molecule is Cc1ccc(NC(=O)COc2cc(-c3ccccc3)c3c(C)nn(-c4ccccc4)c3n2)cc1C. The molecule has 0 fully saturated rings. The number of aromatic nitrogens is 3. The second-order valence-electron chi connectivity index (χ2n) is 8.54. The molecule has 5 rings (SSSR count). The molecule has 3 aromatic carbocycles. The number of para-hydroxylation sites is 1. The number of fused-ring (bicyclic) bond motifs is 1. The average molecular weight is 463 g/mol. The van der Waals surface area contributed by atoms with Crippen molar-refractivity contribution >= 4 is 22.6 Å². The maximum Gasteiger partial charge on any atom is 0.262 e. The molecule has 1 N–H and O–H groups in total. The number of carbonyl (C=O) groups is 1. The number of ether oxygens (including phenoxy) is 1. The van der Waals surface area contributed by atoms with Crippen LogP contribution in [0.25, 0.3) is 27.8 Å². The molecule has 5 aromatic rings. The number of anilines is 1. The number of amides is 1. The number of hydrogen-bond donors (Lipinski definition) is 1. The summed E-state index contributed by atoms with van der Waals surface area (Å²) in [7, 11) is 0. The van der Waals surface area contributed by atoms with Crippen molar-refractivity contribution in [3.8, 4) is 22.7 Å². The van der Waals surface area contributed by atoms with Gasteiger partial charge in [0.25, 0.3) is 5.91 Å². The fraction of sp³-hybridized carbons (Fsp3) is 0.138. The zero-order valence-corrected chi connectivity index (χ0v) is 19.9. The van der Waals surface area contributed by atoms with Gasteiger partial charge in [-0.3, -0.25) is 4.79 Å². The average Bonchev–Trinajstić information content (AvgIpc) is 3.22. The van der Waals surface area contributed by atoms with Gasteiger partial charge in [0.15, 0.2) is 12.3 Å². The van der Waals surface area contributed by atoms with Gasteiger partial charge in [-0.15, -0.1) is 0 Å². The summed E-state index contributed by atoms with van der Waals surface area (Å²) in [6.07, 6.45) is 0. The minimum atomic E-state index is -0.246. The third-order valence-electron chi connectivity index (χ3n) is 6.02. The first kappa shape index (κ1) is 22.3. The molecule has 0 bridgehead atoms. The molecule has 0 atom stereocenters. The number of benzene rings is 3. The summed E-state index contributed by atoms with van der Waals surface area (Å²) in [6, 6.07) is 27.6. The van der Waals surface area contributed by atoms with E-state index in [1.807, 2.05) is 110 Å². The smallest absolute Gasteiger partial charge is 0.262 e. The molecule has 0 aliphatic heterocycles. The molecule has 2 aromatic heterocycles. The summed E-state index contributed by atoms with van der Waals surface area (Å²) in [6.45, 7) is 5.88. The lowest BCUT2D eigenvalue weighted by atomic mass is 10.0. The fourth-order valence-corrected chi connectivity index (χ4v) is 4.09. The molecule has 2 heterocycles. The van der Waals surface area contributed by atoms with Crippen molar-refractivity contribution in [2.75, 3.05) is 11.9 Å². The lowest BCUT2D eigenvalue weighted by Gasteiger charge is -2.11. The normalized spacial score (nSPS) is 10.9. The van der Waals surface area contributed by atoms with Crippen LogP contribution in [0.4, 0.5) is 5.69 Å². The van der Waals surface area contributed by atoms with Crippen LogP contribution in [0.15, 0.2) is 84.9 Å². The van der Waals surface area contributed by atoms with Crippen molar-refractivity contribution in [1.82, 2.24) is 14.8 Å². The van der Waals surface area contributed by atoms with Crippen LogP contribution in [0.2, 0.25) is 0 Å². The number of hydrogen-bond acceptors (Lipinski definition) is 4. The Bertz CT molecular complexity index is 1510. The molecule has 0 radical (unpaired) electrons. The van der Waals surface area contributed by atoms with Crippen molar-refractivity contribution in [2.24, 2.45) is 0 Å². The molecule has 0 saturated heterocycles. The number of aryl methyl sites for hydroxylation is 3. The highest BCUT2D eigenvalue weighted by atomic mass is 16.5. The monoisotopic (exact) mass is 462 g/mol. The summed E-state index contributed by atoms with van der Waals surface area (Å²) in [5.74, 6) is 0.118. The quantitative estimate of drug-likeness (QED) is 0.334. The van der Waals surface area contributed by atoms with E-state index < -0.39 is 0 Å². The number of rotatable bonds is 6. The minimum Gasteiger partial charge on any atom is -0.467 e. The van der Waals surface area contributed by atoms with Gasteiger partial charge in [0.2, 0.25) is 5.88 Å². The van der Waals surface area contributed by atoms with Crippen LogP contribution < -0.4 is 10.1 Å². The molecular weight excluding hydrogens is 436 g/mol. The Morgan fingerprint density at radius 1 is 0.886 bits per heavy atom. The van der Waals surface area contributed by atoms with E-state index in [0.29, 0.717) is 11.5 Å². The molecule has 6 nitrogen and oxygen atoms in total. The van der Waals surface area contributed by atoms with E-state index >= 15 is 0 Å². The van der Waals surface area contributed by atoms with Gasteiger partial charge < -0.3 is 10.1 Å². The minimum absolute atomic E-state index is 0.155. The molecule has 35 heavy (non-hydrogen) atoms. The van der Waals surface area contributed by atoms with Gasteiger partial charge in [-0.2, -0.15) is 10.1 Å². The first-order valence-electron chi connectivity index (χ1n) is 11.5. The van der Waals surface area contributed by atoms with E-state index in [-0.39, 0.29) is 12.5 Å². The van der Waals surface area contributed by atoms with Crippen molar-refractivity contribution < 1.29 is 9.53 Å². The number of pyridine rings is 1. The molecule has 0 aliphatic rings. The van der Waals surface area contributed by atoms with E-state index in [0.717, 1.165) is 39.1 Å². The zero-order valence-electron chi connectivity index (χ0n) is 19.9. The van der Waals surface area contributed by atoms with Crippen LogP contribution in [-0.4, -0.2) is 27.3 Å². The van der Waals surface area contributed by atoms with Gasteiger partial charge in [-0.05, 0) is 67.3 Å². The van der Waals surface area contributed by atoms with Gasteiger partial charge >= 0.3 is 0 Å². The van der Waals surface area contributed by atoms with Gasteiger partial charge in [-0.1, -0.05) is 54.6 Å². The summed E-state index contributed by atoms with van der Waals surface area (Å²) in [5, 5.41) is 8.62. The Kier molecular flexibility index (Phi) is 6.02. The van der Waals surface area contributed by atoms with Crippen LogP contribution in [0.5, 0.6) is 5.88 Å². The lowest BCUT2D eigenvalue weighted by molar-refractivity contribution is -0.118.